The van der Waals surface area contributed by atoms with E-state index in [1.807, 2.05) is 0 Å². The van der Waals surface area contributed by atoms with Crippen molar-refractivity contribution >= 4 is 17.7 Å². The maximum atomic E-state index is 12.0. The van der Waals surface area contributed by atoms with Crippen molar-refractivity contribution in [1.82, 2.24) is 4.90 Å². The summed E-state index contributed by atoms with van der Waals surface area (Å²) in [5.41, 5.74) is 0.530. The zero-order valence-electron chi connectivity index (χ0n) is 11.5. The summed E-state index contributed by atoms with van der Waals surface area (Å²) < 4.78 is 9.90. The molecule has 0 fully saturated rings. The molecule has 0 spiro atoms. The zero-order chi connectivity index (χ0) is 15.0. The Morgan fingerprint density at radius 2 is 2.10 bits per heavy atom. The lowest BCUT2D eigenvalue weighted by Crippen LogP contribution is -2.40. The van der Waals surface area contributed by atoms with Gasteiger partial charge in [0.15, 0.2) is 0 Å². The highest BCUT2D eigenvalue weighted by atomic mass is 16.5. The molecule has 2 N–H and O–H groups in total. The van der Waals surface area contributed by atoms with Crippen LogP contribution in [0.3, 0.4) is 0 Å². The van der Waals surface area contributed by atoms with Crippen molar-refractivity contribution < 1.29 is 24.2 Å². The highest BCUT2D eigenvalue weighted by Gasteiger charge is 2.16. The first-order chi connectivity index (χ1) is 9.56. The van der Waals surface area contributed by atoms with E-state index in [1.165, 1.54) is 14.2 Å². The molecule has 0 aromatic heterocycles. The van der Waals surface area contributed by atoms with Crippen LogP contribution in [0.4, 0.5) is 10.5 Å². The monoisotopic (exact) mass is 282 g/mol. The quantitative estimate of drug-likeness (QED) is 0.786. The Balaban J connectivity index is 2.70. The maximum Gasteiger partial charge on any atom is 0.323 e. The number of methoxy groups -OCH3 is 2. The molecule has 0 aliphatic rings. The smallest absolute Gasteiger partial charge is 0.323 e. The first kappa shape index (κ1) is 15.8. The lowest BCUT2D eigenvalue weighted by Gasteiger charge is -2.20. The van der Waals surface area contributed by atoms with Gasteiger partial charge in [0.2, 0.25) is 0 Å². The van der Waals surface area contributed by atoms with Gasteiger partial charge in [-0.05, 0) is 12.1 Å². The van der Waals surface area contributed by atoms with E-state index in [9.17, 15) is 9.59 Å². The van der Waals surface area contributed by atoms with Gasteiger partial charge in [-0.3, -0.25) is 4.79 Å². The number of nitrogens with zero attached hydrogens (tertiary/aromatic N) is 1. The first-order valence-corrected chi connectivity index (χ1v) is 5.97. The Labute approximate surface area is 117 Å². The molecule has 0 bridgehead atoms. The van der Waals surface area contributed by atoms with Crippen molar-refractivity contribution in [3.63, 3.8) is 0 Å². The third-order valence-corrected chi connectivity index (χ3v) is 2.50. The fraction of sp³-hybridized carbons (Fsp3) is 0.385. The van der Waals surface area contributed by atoms with E-state index in [2.05, 4.69) is 5.32 Å². The van der Waals surface area contributed by atoms with Gasteiger partial charge in [0.25, 0.3) is 0 Å². The fourth-order valence-electron chi connectivity index (χ4n) is 1.52. The van der Waals surface area contributed by atoms with Crippen LogP contribution in [0, 0.1) is 0 Å². The molecular formula is C13H18N2O5. The predicted octanol–water partition coefficient (Wildman–Crippen LogP) is 1.26. The standard InChI is InChI=1S/C13H18N2O5/c1-19-7-6-15(9-12(16)17)13(18)14-10-4-3-5-11(8-10)20-2/h3-5,8H,6-7,9H2,1-2H3,(H,14,18)(H,16,17). The summed E-state index contributed by atoms with van der Waals surface area (Å²) in [6.45, 7) is 0.0660. The molecule has 0 saturated heterocycles. The third-order valence-electron chi connectivity index (χ3n) is 2.50. The molecule has 7 nitrogen and oxygen atoms in total. The number of carboxylic acids is 1. The van der Waals surface area contributed by atoms with Gasteiger partial charge < -0.3 is 24.8 Å². The number of aliphatic carboxylic acids is 1. The molecule has 0 aliphatic carbocycles. The molecule has 110 valence electrons. The van der Waals surface area contributed by atoms with Crippen molar-refractivity contribution in [3.05, 3.63) is 24.3 Å². The average molecular weight is 282 g/mol. The van der Waals surface area contributed by atoms with Crippen molar-refractivity contribution in [2.45, 2.75) is 0 Å². The molecule has 0 unspecified atom stereocenters. The van der Waals surface area contributed by atoms with Crippen LogP contribution < -0.4 is 10.1 Å². The SMILES string of the molecule is COCCN(CC(=O)O)C(=O)Nc1cccc(OC)c1. The third kappa shape index (κ3) is 5.15. The molecule has 1 aromatic carbocycles. The van der Waals surface area contributed by atoms with E-state index >= 15 is 0 Å². The minimum atomic E-state index is -1.08. The summed E-state index contributed by atoms with van der Waals surface area (Å²) in [5.74, 6) is -0.480. The molecule has 0 aliphatic heterocycles. The second kappa shape index (κ2) is 8.00. The summed E-state index contributed by atoms with van der Waals surface area (Å²) >= 11 is 0. The Morgan fingerprint density at radius 1 is 1.35 bits per heavy atom. The number of hydrogen-bond donors (Lipinski definition) is 2. The van der Waals surface area contributed by atoms with E-state index in [4.69, 9.17) is 14.6 Å². The fourth-order valence-corrected chi connectivity index (χ4v) is 1.52. The van der Waals surface area contributed by atoms with E-state index in [0.717, 1.165) is 4.90 Å². The molecular weight excluding hydrogens is 264 g/mol. The van der Waals surface area contributed by atoms with E-state index in [1.54, 1.807) is 24.3 Å². The number of carboxylic acid groups (broad SMARTS) is 1. The van der Waals surface area contributed by atoms with Crippen molar-refractivity contribution in [1.29, 1.82) is 0 Å². The number of carbonyl (C=O) groups excluding carboxylic acids is 1. The molecule has 0 atom stereocenters. The molecule has 0 heterocycles. The number of amides is 2. The van der Waals surface area contributed by atoms with Gasteiger partial charge in [-0.2, -0.15) is 0 Å². The van der Waals surface area contributed by atoms with Gasteiger partial charge >= 0.3 is 12.0 Å². The van der Waals surface area contributed by atoms with Gasteiger partial charge in [-0.1, -0.05) is 6.07 Å². The van der Waals surface area contributed by atoms with Crippen LogP contribution >= 0.6 is 0 Å². The Morgan fingerprint density at radius 3 is 2.70 bits per heavy atom. The average Bonchev–Trinajstić information content (AvgIpc) is 2.43. The Kier molecular flexibility index (Phi) is 6.31. The number of carbonyl (C=O) groups is 2. The van der Waals surface area contributed by atoms with Gasteiger partial charge in [-0.15, -0.1) is 0 Å². The number of anilines is 1. The second-order valence-corrected chi connectivity index (χ2v) is 3.97. The van der Waals surface area contributed by atoms with Gasteiger partial charge in [0.1, 0.15) is 12.3 Å². The number of nitrogens with one attached hydrogen (secondary N) is 1. The number of ether oxygens (including phenoxy) is 2. The van der Waals surface area contributed by atoms with E-state index < -0.39 is 12.0 Å². The van der Waals surface area contributed by atoms with Crippen LogP contribution in [0.5, 0.6) is 5.75 Å². The Hall–Kier alpha value is -2.28. The molecule has 0 radical (unpaired) electrons. The highest BCUT2D eigenvalue weighted by Crippen LogP contribution is 2.17. The molecule has 7 heteroatoms. The predicted molar refractivity (Wildman–Crippen MR) is 73.1 cm³/mol. The van der Waals surface area contributed by atoms with Gasteiger partial charge in [0.05, 0.1) is 13.7 Å². The summed E-state index contributed by atoms with van der Waals surface area (Å²) in [6.07, 6.45) is 0. The molecule has 2 amide bonds. The van der Waals surface area contributed by atoms with Crippen LogP contribution in [0.1, 0.15) is 0 Å². The van der Waals surface area contributed by atoms with Gasteiger partial charge in [0, 0.05) is 25.4 Å². The lowest BCUT2D eigenvalue weighted by molar-refractivity contribution is -0.137. The molecule has 1 aromatic rings. The minimum absolute atomic E-state index is 0.193. The van der Waals surface area contributed by atoms with E-state index in [-0.39, 0.29) is 19.7 Å². The Bertz CT molecular complexity index is 464. The maximum absolute atomic E-state index is 12.0. The summed E-state index contributed by atoms with van der Waals surface area (Å²) in [7, 11) is 3.01. The van der Waals surface area contributed by atoms with Crippen molar-refractivity contribution in [3.8, 4) is 5.75 Å². The minimum Gasteiger partial charge on any atom is -0.497 e. The molecule has 20 heavy (non-hydrogen) atoms. The zero-order valence-corrected chi connectivity index (χ0v) is 11.5. The molecule has 1 rings (SSSR count). The van der Waals surface area contributed by atoms with Crippen LogP contribution in [0.25, 0.3) is 0 Å². The summed E-state index contributed by atoms with van der Waals surface area (Å²) in [6, 6.07) is 6.31. The second-order valence-electron chi connectivity index (χ2n) is 3.97. The van der Waals surface area contributed by atoms with Crippen LogP contribution in [0.2, 0.25) is 0 Å². The molecule has 0 saturated carbocycles. The number of benzene rings is 1. The number of hydrogen-bond acceptors (Lipinski definition) is 4. The van der Waals surface area contributed by atoms with Crippen molar-refractivity contribution in [2.24, 2.45) is 0 Å². The largest absolute Gasteiger partial charge is 0.497 e. The normalized spacial score (nSPS) is 9.90. The summed E-state index contributed by atoms with van der Waals surface area (Å²) in [5, 5.41) is 11.4. The lowest BCUT2D eigenvalue weighted by atomic mass is 10.3. The van der Waals surface area contributed by atoms with Crippen LogP contribution in [-0.4, -0.2) is 55.9 Å². The first-order valence-electron chi connectivity index (χ1n) is 5.97. The van der Waals surface area contributed by atoms with Crippen LogP contribution in [-0.2, 0) is 9.53 Å². The summed E-state index contributed by atoms with van der Waals surface area (Å²) in [4.78, 5) is 23.9. The van der Waals surface area contributed by atoms with Crippen LogP contribution in [0.15, 0.2) is 24.3 Å². The highest BCUT2D eigenvalue weighted by molar-refractivity contribution is 5.91. The van der Waals surface area contributed by atoms with E-state index in [0.29, 0.717) is 11.4 Å². The van der Waals surface area contributed by atoms with Crippen molar-refractivity contribution in [2.75, 3.05) is 39.2 Å². The topological polar surface area (TPSA) is 88.1 Å². The number of urea groups is 1. The van der Waals surface area contributed by atoms with Gasteiger partial charge in [-0.25, -0.2) is 4.79 Å². The number of rotatable bonds is 7.